The van der Waals surface area contributed by atoms with Crippen LogP contribution in [-0.2, 0) is 4.74 Å². The lowest BCUT2D eigenvalue weighted by atomic mass is 10.1. The van der Waals surface area contributed by atoms with Gasteiger partial charge in [0.2, 0.25) is 0 Å². The van der Waals surface area contributed by atoms with Crippen molar-refractivity contribution in [3.8, 4) is 11.5 Å². The van der Waals surface area contributed by atoms with Crippen LogP contribution >= 0.6 is 0 Å². The summed E-state index contributed by atoms with van der Waals surface area (Å²) in [6.07, 6.45) is 3.23. The fraction of sp³-hybridized carbons (Fsp3) is 0.647. The number of ether oxygens (including phenoxy) is 3. The van der Waals surface area contributed by atoms with Gasteiger partial charge in [0.15, 0.2) is 17.6 Å². The lowest BCUT2D eigenvalue weighted by Crippen LogP contribution is -2.39. The molecular weight excluding hydrogens is 282 g/mol. The van der Waals surface area contributed by atoms with E-state index in [1.54, 1.807) is 0 Å². The van der Waals surface area contributed by atoms with Gasteiger partial charge in [-0.05, 0) is 38.1 Å². The van der Waals surface area contributed by atoms with Gasteiger partial charge in [0, 0.05) is 6.54 Å². The highest BCUT2D eigenvalue weighted by Crippen LogP contribution is 2.30. The van der Waals surface area contributed by atoms with Gasteiger partial charge < -0.3 is 24.2 Å². The second kappa shape index (κ2) is 7.81. The van der Waals surface area contributed by atoms with Crippen LogP contribution in [0.4, 0.5) is 0 Å². The topological polar surface area (TPSA) is 51.2 Å². The average molecular weight is 307 g/mol. The van der Waals surface area contributed by atoms with Crippen molar-refractivity contribution in [1.82, 2.24) is 4.90 Å². The number of nitrogens with zero attached hydrogens (tertiary/aromatic N) is 1. The van der Waals surface area contributed by atoms with Gasteiger partial charge in [0.05, 0.1) is 19.3 Å². The first-order valence-corrected chi connectivity index (χ1v) is 8.18. The van der Waals surface area contributed by atoms with Gasteiger partial charge in [-0.15, -0.1) is 0 Å². The molecule has 3 rings (SSSR count). The molecule has 5 nitrogen and oxygen atoms in total. The summed E-state index contributed by atoms with van der Waals surface area (Å²) < 4.78 is 17.1. The first-order valence-electron chi connectivity index (χ1n) is 8.18. The Morgan fingerprint density at radius 2 is 1.95 bits per heavy atom. The minimum absolute atomic E-state index is 0.114. The molecule has 0 amide bonds. The highest BCUT2D eigenvalue weighted by Gasteiger charge is 2.21. The van der Waals surface area contributed by atoms with Gasteiger partial charge in [-0.2, -0.15) is 0 Å². The number of benzene rings is 1. The highest BCUT2D eigenvalue weighted by molar-refractivity contribution is 5.40. The van der Waals surface area contributed by atoms with Crippen molar-refractivity contribution >= 4 is 0 Å². The molecule has 5 heteroatoms. The molecule has 2 heterocycles. The molecule has 0 bridgehead atoms. The van der Waals surface area contributed by atoms with Crippen molar-refractivity contribution < 1.29 is 19.3 Å². The summed E-state index contributed by atoms with van der Waals surface area (Å²) in [5, 5.41) is 10.0. The van der Waals surface area contributed by atoms with E-state index in [0.717, 1.165) is 24.6 Å². The lowest BCUT2D eigenvalue weighted by molar-refractivity contribution is -0.0300. The van der Waals surface area contributed by atoms with E-state index in [2.05, 4.69) is 4.90 Å². The van der Waals surface area contributed by atoms with Crippen LogP contribution in [0.3, 0.4) is 0 Å². The van der Waals surface area contributed by atoms with Gasteiger partial charge in [-0.25, -0.2) is 0 Å². The summed E-state index contributed by atoms with van der Waals surface area (Å²) in [7, 11) is 0. The minimum Gasteiger partial charge on any atom is -0.486 e. The summed E-state index contributed by atoms with van der Waals surface area (Å²) in [6, 6.07) is 7.64. The Balaban J connectivity index is 1.35. The molecule has 0 aromatic heterocycles. The molecule has 0 spiro atoms. The van der Waals surface area contributed by atoms with Crippen LogP contribution in [0.5, 0.6) is 11.5 Å². The van der Waals surface area contributed by atoms with E-state index in [0.29, 0.717) is 26.4 Å². The molecule has 122 valence electrons. The maximum atomic E-state index is 10.0. The molecule has 1 saturated heterocycles. The van der Waals surface area contributed by atoms with Crippen molar-refractivity contribution in [2.45, 2.75) is 31.5 Å². The number of aliphatic hydroxyl groups is 1. The maximum Gasteiger partial charge on any atom is 0.161 e. The number of β-amino-alcohol motifs (C(OH)–C–C–N with tert-alkyl or cyclic N) is 1. The summed E-state index contributed by atoms with van der Waals surface area (Å²) in [5.74, 6) is 1.54. The molecular formula is C17H25NO4. The molecule has 0 radical (unpaired) electrons. The molecule has 0 unspecified atom stereocenters. The van der Waals surface area contributed by atoms with E-state index in [1.807, 2.05) is 24.3 Å². The van der Waals surface area contributed by atoms with Crippen molar-refractivity contribution in [2.24, 2.45) is 0 Å². The van der Waals surface area contributed by atoms with Crippen LogP contribution in [-0.4, -0.2) is 61.7 Å². The maximum absolute atomic E-state index is 10.0. The summed E-state index contributed by atoms with van der Waals surface area (Å²) in [4.78, 5) is 2.31. The second-order valence-electron chi connectivity index (χ2n) is 6.05. The lowest BCUT2D eigenvalue weighted by Gasteiger charge is -2.29. The Labute approximate surface area is 131 Å². The first-order chi connectivity index (χ1) is 10.8. The highest BCUT2D eigenvalue weighted by atomic mass is 16.6. The predicted molar refractivity (Wildman–Crippen MR) is 83.5 cm³/mol. The van der Waals surface area contributed by atoms with Gasteiger partial charge in [0.1, 0.15) is 6.61 Å². The third kappa shape index (κ3) is 4.35. The van der Waals surface area contributed by atoms with Crippen LogP contribution < -0.4 is 9.47 Å². The van der Waals surface area contributed by atoms with Crippen LogP contribution in [0.25, 0.3) is 0 Å². The van der Waals surface area contributed by atoms with E-state index in [4.69, 9.17) is 14.2 Å². The van der Waals surface area contributed by atoms with E-state index in [1.165, 1.54) is 19.3 Å². The number of aliphatic hydroxyl groups excluding tert-OH is 1. The molecule has 1 aromatic carbocycles. The molecule has 0 saturated carbocycles. The van der Waals surface area contributed by atoms with Crippen molar-refractivity contribution in [1.29, 1.82) is 0 Å². The van der Waals surface area contributed by atoms with Gasteiger partial charge in [0.25, 0.3) is 0 Å². The molecule has 1 fully saturated rings. The van der Waals surface area contributed by atoms with E-state index in [-0.39, 0.29) is 6.10 Å². The fourth-order valence-corrected chi connectivity index (χ4v) is 2.97. The summed E-state index contributed by atoms with van der Waals surface area (Å²) >= 11 is 0. The van der Waals surface area contributed by atoms with E-state index < -0.39 is 6.10 Å². The number of likely N-dealkylation sites (tertiary alicyclic amines) is 1. The molecule has 2 atom stereocenters. The molecule has 1 N–H and O–H groups in total. The number of hydrogen-bond acceptors (Lipinski definition) is 5. The minimum atomic E-state index is -0.435. The van der Waals surface area contributed by atoms with Crippen LogP contribution in [0.15, 0.2) is 24.3 Å². The molecule has 2 aliphatic heterocycles. The van der Waals surface area contributed by atoms with Crippen molar-refractivity contribution in [3.05, 3.63) is 24.3 Å². The Bertz CT molecular complexity index is 462. The largest absolute Gasteiger partial charge is 0.486 e. The zero-order valence-electron chi connectivity index (χ0n) is 12.9. The first kappa shape index (κ1) is 15.6. The normalized spacial score (nSPS) is 23.2. The molecule has 0 aliphatic carbocycles. The standard InChI is InChI=1S/C17H25NO4/c19-14(10-18-8-4-1-5-9-18)11-20-12-15-13-21-16-6-2-3-7-17(16)22-15/h2-3,6-7,14-15,19H,1,4-5,8-13H2/t14-,15+/m0/s1. The fourth-order valence-electron chi connectivity index (χ4n) is 2.97. The number of hydrogen-bond donors (Lipinski definition) is 1. The Hall–Kier alpha value is -1.30. The SMILES string of the molecule is O[C@H](COC[C@@H]1COc2ccccc2O1)CN1CCCCC1. The third-order valence-electron chi connectivity index (χ3n) is 4.10. The molecule has 1 aromatic rings. The van der Waals surface area contributed by atoms with Crippen LogP contribution in [0.2, 0.25) is 0 Å². The Morgan fingerprint density at radius 3 is 2.77 bits per heavy atom. The Kier molecular flexibility index (Phi) is 5.53. The zero-order chi connectivity index (χ0) is 15.2. The zero-order valence-corrected chi connectivity index (χ0v) is 12.9. The van der Waals surface area contributed by atoms with Crippen LogP contribution in [0.1, 0.15) is 19.3 Å². The van der Waals surface area contributed by atoms with Gasteiger partial charge in [-0.1, -0.05) is 18.6 Å². The number of para-hydroxylation sites is 2. The average Bonchev–Trinajstić information content (AvgIpc) is 2.55. The second-order valence-corrected chi connectivity index (χ2v) is 6.05. The summed E-state index contributed by atoms with van der Waals surface area (Å²) in [5.41, 5.74) is 0. The van der Waals surface area contributed by atoms with Crippen LogP contribution in [0, 0.1) is 0 Å². The summed E-state index contributed by atoms with van der Waals surface area (Å²) in [6.45, 7) is 4.15. The number of piperidine rings is 1. The quantitative estimate of drug-likeness (QED) is 0.867. The molecule has 2 aliphatic rings. The monoisotopic (exact) mass is 307 g/mol. The van der Waals surface area contributed by atoms with E-state index in [9.17, 15) is 5.11 Å². The van der Waals surface area contributed by atoms with Gasteiger partial charge >= 0.3 is 0 Å². The third-order valence-corrected chi connectivity index (χ3v) is 4.10. The van der Waals surface area contributed by atoms with Crippen molar-refractivity contribution in [2.75, 3.05) is 39.5 Å². The molecule has 22 heavy (non-hydrogen) atoms. The number of rotatable bonds is 6. The van der Waals surface area contributed by atoms with E-state index >= 15 is 0 Å². The van der Waals surface area contributed by atoms with Gasteiger partial charge in [-0.3, -0.25) is 0 Å². The predicted octanol–water partition coefficient (Wildman–Crippen LogP) is 1.69. The smallest absolute Gasteiger partial charge is 0.161 e. The van der Waals surface area contributed by atoms with Crippen molar-refractivity contribution in [3.63, 3.8) is 0 Å². The number of fused-ring (bicyclic) bond motifs is 1. The Morgan fingerprint density at radius 1 is 1.18 bits per heavy atom.